The maximum absolute atomic E-state index is 12.1. The topological polar surface area (TPSA) is 64.9 Å². The first-order valence-electron chi connectivity index (χ1n) is 3.02. The van der Waals surface area contributed by atoms with E-state index in [0.29, 0.717) is 4.47 Å². The molecule has 0 aromatic carbocycles. The van der Waals surface area contributed by atoms with E-state index in [1.54, 1.807) is 0 Å². The van der Waals surface area contributed by atoms with Crippen molar-refractivity contribution in [1.82, 2.24) is 4.98 Å². The second-order valence-electron chi connectivity index (χ2n) is 2.14. The molecule has 0 atom stereocenters. The molecule has 66 valence electrons. The third-order valence-electron chi connectivity index (χ3n) is 1.25. The predicted molar refractivity (Wildman–Crippen MR) is 45.7 cm³/mol. The average molecular weight is 238 g/mol. The van der Waals surface area contributed by atoms with E-state index in [9.17, 15) is 8.78 Å². The second kappa shape index (κ2) is 3.22. The van der Waals surface area contributed by atoms with E-state index in [2.05, 4.69) is 20.9 Å². The maximum atomic E-state index is 12.1. The lowest BCUT2D eigenvalue weighted by Crippen LogP contribution is -2.01. The van der Waals surface area contributed by atoms with Gasteiger partial charge in [-0.3, -0.25) is 0 Å². The lowest BCUT2D eigenvalue weighted by molar-refractivity contribution is 0.146. The summed E-state index contributed by atoms with van der Waals surface area (Å²) >= 11 is 3.00. The molecule has 0 aliphatic carbocycles. The van der Waals surface area contributed by atoms with Gasteiger partial charge in [-0.2, -0.15) is 0 Å². The number of aromatic nitrogens is 1. The zero-order valence-corrected chi connectivity index (χ0v) is 7.48. The molecule has 4 N–H and O–H groups in total. The number of hydrogen-bond donors (Lipinski definition) is 2. The van der Waals surface area contributed by atoms with Crippen LogP contribution in [0.5, 0.6) is 0 Å². The third kappa shape index (κ3) is 1.63. The van der Waals surface area contributed by atoms with Crippen LogP contribution in [0.1, 0.15) is 12.1 Å². The van der Waals surface area contributed by atoms with Crippen LogP contribution in [-0.2, 0) is 0 Å². The summed E-state index contributed by atoms with van der Waals surface area (Å²) in [6.45, 7) is 0. The first-order valence-corrected chi connectivity index (χ1v) is 3.81. The Labute approximate surface area is 75.9 Å². The van der Waals surface area contributed by atoms with Crippen molar-refractivity contribution in [2.75, 3.05) is 11.5 Å². The summed E-state index contributed by atoms with van der Waals surface area (Å²) < 4.78 is 24.5. The number of nitrogens with zero attached hydrogens (tertiary/aromatic N) is 1. The van der Waals surface area contributed by atoms with Gasteiger partial charge in [0.15, 0.2) is 0 Å². The Morgan fingerprint density at radius 1 is 1.42 bits per heavy atom. The molecule has 0 saturated heterocycles. The van der Waals surface area contributed by atoms with Crippen LogP contribution in [0.4, 0.5) is 20.3 Å². The molecule has 1 rings (SSSR count). The van der Waals surface area contributed by atoms with Gasteiger partial charge in [0.25, 0.3) is 6.43 Å². The first kappa shape index (κ1) is 9.18. The number of halogens is 3. The van der Waals surface area contributed by atoms with Gasteiger partial charge in [0.2, 0.25) is 0 Å². The summed E-state index contributed by atoms with van der Waals surface area (Å²) in [5.74, 6) is -0.0229. The quantitative estimate of drug-likeness (QED) is 0.785. The Bertz CT molecular complexity index is 280. The standard InChI is InChI=1S/C6H6BrF2N3/c7-4-2(10)1-3(5(8)9)12-6(4)11/h1,5H,(H4,10,11,12). The molecule has 1 heterocycles. The summed E-state index contributed by atoms with van der Waals surface area (Å²) in [6, 6.07) is 1.09. The number of rotatable bonds is 1. The van der Waals surface area contributed by atoms with Crippen LogP contribution in [-0.4, -0.2) is 4.98 Å². The number of nitrogens with two attached hydrogens (primary N) is 2. The summed E-state index contributed by atoms with van der Waals surface area (Å²) in [5.41, 5.74) is 10.4. The molecule has 12 heavy (non-hydrogen) atoms. The van der Waals surface area contributed by atoms with E-state index in [4.69, 9.17) is 11.5 Å². The van der Waals surface area contributed by atoms with Crippen molar-refractivity contribution in [3.63, 3.8) is 0 Å². The van der Waals surface area contributed by atoms with Crippen LogP contribution in [0, 0.1) is 0 Å². The van der Waals surface area contributed by atoms with Crippen LogP contribution in [0.25, 0.3) is 0 Å². The van der Waals surface area contributed by atoms with Crippen molar-refractivity contribution >= 4 is 27.4 Å². The van der Waals surface area contributed by atoms with Crippen molar-refractivity contribution in [2.24, 2.45) is 0 Å². The van der Waals surface area contributed by atoms with Gasteiger partial charge in [0, 0.05) is 0 Å². The van der Waals surface area contributed by atoms with Crippen LogP contribution >= 0.6 is 15.9 Å². The third-order valence-corrected chi connectivity index (χ3v) is 2.12. The van der Waals surface area contributed by atoms with Gasteiger partial charge in [0.1, 0.15) is 11.5 Å². The molecule has 1 aromatic rings. The van der Waals surface area contributed by atoms with Crippen molar-refractivity contribution in [3.05, 3.63) is 16.2 Å². The molecular weight excluding hydrogens is 232 g/mol. The lowest BCUT2D eigenvalue weighted by atomic mass is 10.3. The zero-order chi connectivity index (χ0) is 9.30. The number of hydrogen-bond acceptors (Lipinski definition) is 3. The van der Waals surface area contributed by atoms with E-state index in [1.807, 2.05) is 0 Å². The Kier molecular flexibility index (Phi) is 2.46. The van der Waals surface area contributed by atoms with Crippen molar-refractivity contribution in [1.29, 1.82) is 0 Å². The zero-order valence-electron chi connectivity index (χ0n) is 5.89. The van der Waals surface area contributed by atoms with Crippen molar-refractivity contribution in [3.8, 4) is 0 Å². The minimum atomic E-state index is -2.65. The summed E-state index contributed by atoms with van der Waals surface area (Å²) in [6.07, 6.45) is -2.65. The molecule has 3 nitrogen and oxygen atoms in total. The van der Waals surface area contributed by atoms with Crippen LogP contribution in [0.3, 0.4) is 0 Å². The van der Waals surface area contributed by atoms with Gasteiger partial charge in [-0.25, -0.2) is 13.8 Å². The molecule has 0 saturated carbocycles. The summed E-state index contributed by atoms with van der Waals surface area (Å²) in [4.78, 5) is 3.43. The largest absolute Gasteiger partial charge is 0.398 e. The number of nitrogen functional groups attached to an aromatic ring is 2. The summed E-state index contributed by atoms with van der Waals surface area (Å²) in [7, 11) is 0. The van der Waals surface area contributed by atoms with Gasteiger partial charge in [-0.05, 0) is 22.0 Å². The predicted octanol–water partition coefficient (Wildman–Crippen LogP) is 1.95. The highest BCUT2D eigenvalue weighted by atomic mass is 79.9. The van der Waals surface area contributed by atoms with Gasteiger partial charge in [-0.1, -0.05) is 0 Å². The Morgan fingerprint density at radius 3 is 2.42 bits per heavy atom. The molecule has 0 bridgehead atoms. The van der Waals surface area contributed by atoms with E-state index in [0.717, 1.165) is 6.07 Å². The average Bonchev–Trinajstić information content (AvgIpc) is 1.99. The highest BCUT2D eigenvalue weighted by molar-refractivity contribution is 9.10. The van der Waals surface area contributed by atoms with Gasteiger partial charge in [-0.15, -0.1) is 0 Å². The first-order chi connectivity index (χ1) is 5.52. The SMILES string of the molecule is Nc1cc(C(F)F)nc(N)c1Br. The molecule has 0 spiro atoms. The lowest BCUT2D eigenvalue weighted by Gasteiger charge is -2.04. The molecule has 6 heteroatoms. The smallest absolute Gasteiger partial charge is 0.280 e. The van der Waals surface area contributed by atoms with Crippen LogP contribution in [0.15, 0.2) is 10.5 Å². The van der Waals surface area contributed by atoms with E-state index >= 15 is 0 Å². The molecule has 0 amide bonds. The fraction of sp³-hybridized carbons (Fsp3) is 0.167. The molecule has 0 aliphatic rings. The van der Waals surface area contributed by atoms with Crippen LogP contribution in [0.2, 0.25) is 0 Å². The molecule has 0 unspecified atom stereocenters. The van der Waals surface area contributed by atoms with Gasteiger partial charge in [0.05, 0.1) is 10.2 Å². The minimum Gasteiger partial charge on any atom is -0.398 e. The van der Waals surface area contributed by atoms with E-state index in [1.165, 1.54) is 0 Å². The fourth-order valence-corrected chi connectivity index (χ4v) is 0.906. The Morgan fingerprint density at radius 2 is 2.00 bits per heavy atom. The molecule has 0 fully saturated rings. The van der Waals surface area contributed by atoms with Crippen LogP contribution < -0.4 is 11.5 Å². The fourth-order valence-electron chi connectivity index (χ4n) is 0.703. The molecule has 0 radical (unpaired) electrons. The number of alkyl halides is 2. The highest BCUT2D eigenvalue weighted by Crippen LogP contribution is 2.28. The van der Waals surface area contributed by atoms with Crippen molar-refractivity contribution in [2.45, 2.75) is 6.43 Å². The maximum Gasteiger partial charge on any atom is 0.280 e. The molecular formula is C6H6BrF2N3. The van der Waals surface area contributed by atoms with Crippen molar-refractivity contribution < 1.29 is 8.78 Å². The summed E-state index contributed by atoms with van der Waals surface area (Å²) in [5, 5.41) is 0. The normalized spacial score (nSPS) is 10.7. The molecule has 0 aliphatic heterocycles. The second-order valence-corrected chi connectivity index (χ2v) is 2.93. The van der Waals surface area contributed by atoms with E-state index in [-0.39, 0.29) is 11.5 Å². The molecule has 1 aromatic heterocycles. The number of pyridine rings is 1. The Balaban J connectivity index is 3.21. The van der Waals surface area contributed by atoms with E-state index < -0.39 is 12.1 Å². The highest BCUT2D eigenvalue weighted by Gasteiger charge is 2.12. The Hall–Kier alpha value is -0.910. The van der Waals surface area contributed by atoms with Gasteiger partial charge >= 0.3 is 0 Å². The minimum absolute atomic E-state index is 0.0229. The van der Waals surface area contributed by atoms with Gasteiger partial charge < -0.3 is 11.5 Å². The number of anilines is 2. The monoisotopic (exact) mass is 237 g/mol.